The van der Waals surface area contributed by atoms with Gasteiger partial charge in [0.15, 0.2) is 0 Å². The first-order valence-electron chi connectivity index (χ1n) is 4.33. The van der Waals surface area contributed by atoms with E-state index in [2.05, 4.69) is 16.8 Å². The van der Waals surface area contributed by atoms with Gasteiger partial charge in [0.25, 0.3) is 0 Å². The molecule has 0 spiro atoms. The highest BCUT2D eigenvalue weighted by molar-refractivity contribution is 5.73. The minimum atomic E-state index is 0.0296. The minimum absolute atomic E-state index is 0.0296. The molecule has 14 heavy (non-hydrogen) atoms. The molecule has 0 aliphatic carbocycles. The van der Waals surface area contributed by atoms with E-state index in [1.807, 2.05) is 10.8 Å². The van der Waals surface area contributed by atoms with Gasteiger partial charge in [0, 0.05) is 26.4 Å². The van der Waals surface area contributed by atoms with Crippen molar-refractivity contribution in [3.8, 4) is 11.8 Å². The number of imidazole rings is 1. The first-order valence-corrected chi connectivity index (χ1v) is 4.33. The predicted molar refractivity (Wildman–Crippen MR) is 53.3 cm³/mol. The molecule has 0 saturated heterocycles. The van der Waals surface area contributed by atoms with Crippen LogP contribution in [0.15, 0.2) is 18.7 Å². The predicted octanol–water partition coefficient (Wildman–Crippen LogP) is 0.365. The van der Waals surface area contributed by atoms with Crippen molar-refractivity contribution in [2.45, 2.75) is 13.5 Å². The Kier molecular flexibility index (Phi) is 3.74. The minimum Gasteiger partial charge on any atom is -0.335 e. The van der Waals surface area contributed by atoms with Gasteiger partial charge in [0.05, 0.1) is 19.4 Å². The van der Waals surface area contributed by atoms with Crippen LogP contribution in [0.2, 0.25) is 0 Å². The van der Waals surface area contributed by atoms with Crippen molar-refractivity contribution in [2.24, 2.45) is 0 Å². The maximum atomic E-state index is 10.8. The van der Waals surface area contributed by atoms with Crippen molar-refractivity contribution in [1.29, 1.82) is 0 Å². The molecule has 4 heteroatoms. The van der Waals surface area contributed by atoms with Crippen LogP contribution < -0.4 is 0 Å². The smallest absolute Gasteiger partial charge is 0.219 e. The van der Waals surface area contributed by atoms with Gasteiger partial charge in [-0.05, 0) is 0 Å². The topological polar surface area (TPSA) is 38.1 Å². The molecular weight excluding hydrogens is 178 g/mol. The van der Waals surface area contributed by atoms with Crippen molar-refractivity contribution >= 4 is 5.91 Å². The summed E-state index contributed by atoms with van der Waals surface area (Å²) in [6.45, 7) is 2.62. The Morgan fingerprint density at radius 1 is 1.57 bits per heavy atom. The fourth-order valence-electron chi connectivity index (χ4n) is 0.813. The van der Waals surface area contributed by atoms with Crippen LogP contribution in [0.3, 0.4) is 0 Å². The van der Waals surface area contributed by atoms with Gasteiger partial charge in [0.2, 0.25) is 5.91 Å². The van der Waals surface area contributed by atoms with Crippen LogP contribution in [0.1, 0.15) is 6.92 Å². The largest absolute Gasteiger partial charge is 0.335 e. The third-order valence-electron chi connectivity index (χ3n) is 1.80. The Morgan fingerprint density at radius 2 is 2.36 bits per heavy atom. The molecule has 0 aliphatic rings. The maximum absolute atomic E-state index is 10.8. The summed E-state index contributed by atoms with van der Waals surface area (Å²) in [6.07, 6.45) is 5.27. The third kappa shape index (κ3) is 3.31. The van der Waals surface area contributed by atoms with Crippen LogP contribution in [0.25, 0.3) is 0 Å². The molecule has 74 valence electrons. The van der Waals surface area contributed by atoms with Crippen LogP contribution in [0.4, 0.5) is 0 Å². The van der Waals surface area contributed by atoms with Gasteiger partial charge in [-0.1, -0.05) is 11.8 Å². The number of hydrogen-bond donors (Lipinski definition) is 0. The lowest BCUT2D eigenvalue weighted by molar-refractivity contribution is -0.126. The number of aromatic nitrogens is 2. The monoisotopic (exact) mass is 191 g/mol. The van der Waals surface area contributed by atoms with E-state index in [4.69, 9.17) is 0 Å². The normalized spacial score (nSPS) is 9.00. The molecule has 1 aromatic heterocycles. The second-order valence-electron chi connectivity index (χ2n) is 2.96. The van der Waals surface area contributed by atoms with Gasteiger partial charge < -0.3 is 9.47 Å². The Hall–Kier alpha value is -1.76. The van der Waals surface area contributed by atoms with Crippen molar-refractivity contribution in [3.63, 3.8) is 0 Å². The Balaban J connectivity index is 2.31. The molecule has 0 unspecified atom stereocenters. The zero-order valence-electron chi connectivity index (χ0n) is 8.40. The van der Waals surface area contributed by atoms with E-state index in [0.29, 0.717) is 13.1 Å². The fraction of sp³-hybridized carbons (Fsp3) is 0.400. The van der Waals surface area contributed by atoms with Gasteiger partial charge in [-0.3, -0.25) is 4.79 Å². The number of rotatable bonds is 2. The average molecular weight is 191 g/mol. The summed E-state index contributed by atoms with van der Waals surface area (Å²) in [5.41, 5.74) is 0. The first kappa shape index (κ1) is 10.3. The molecule has 0 N–H and O–H groups in total. The zero-order chi connectivity index (χ0) is 10.4. The van der Waals surface area contributed by atoms with Crippen LogP contribution in [-0.2, 0) is 11.3 Å². The molecule has 0 saturated carbocycles. The molecule has 1 rings (SSSR count). The fourth-order valence-corrected chi connectivity index (χ4v) is 0.813. The molecule has 0 bridgehead atoms. The van der Waals surface area contributed by atoms with Gasteiger partial charge in [-0.25, -0.2) is 4.98 Å². The molecule has 0 fully saturated rings. The molecule has 0 aliphatic heterocycles. The molecule has 0 atom stereocenters. The van der Waals surface area contributed by atoms with Gasteiger partial charge in [-0.2, -0.15) is 0 Å². The van der Waals surface area contributed by atoms with Crippen molar-refractivity contribution < 1.29 is 4.79 Å². The Morgan fingerprint density at radius 3 is 2.93 bits per heavy atom. The summed E-state index contributed by atoms with van der Waals surface area (Å²) < 4.78 is 1.88. The van der Waals surface area contributed by atoms with E-state index in [-0.39, 0.29) is 5.91 Å². The highest BCUT2D eigenvalue weighted by atomic mass is 16.2. The summed E-state index contributed by atoms with van der Waals surface area (Å²) in [7, 11) is 1.73. The molecule has 1 aromatic rings. The lowest BCUT2D eigenvalue weighted by atomic mass is 10.5. The van der Waals surface area contributed by atoms with Crippen molar-refractivity contribution in [3.05, 3.63) is 18.7 Å². The summed E-state index contributed by atoms with van der Waals surface area (Å²) >= 11 is 0. The Labute approximate surface area is 83.5 Å². The van der Waals surface area contributed by atoms with Crippen molar-refractivity contribution in [2.75, 3.05) is 13.6 Å². The molecular formula is C10H13N3O. The van der Waals surface area contributed by atoms with Crippen LogP contribution >= 0.6 is 0 Å². The molecule has 1 amide bonds. The lowest BCUT2D eigenvalue weighted by Gasteiger charge is -2.08. The molecule has 0 aromatic carbocycles. The molecule has 0 radical (unpaired) electrons. The number of nitrogens with zero attached hydrogens (tertiary/aromatic N) is 3. The second-order valence-corrected chi connectivity index (χ2v) is 2.96. The molecule has 1 heterocycles. The Bertz CT molecular complexity index is 345. The van der Waals surface area contributed by atoms with E-state index in [1.54, 1.807) is 24.5 Å². The van der Waals surface area contributed by atoms with Crippen LogP contribution in [0, 0.1) is 11.8 Å². The highest BCUT2D eigenvalue weighted by Gasteiger charge is 1.96. The SMILES string of the molecule is CC(=O)N(C)CC#CCn1ccnc1. The van der Waals surface area contributed by atoms with Crippen LogP contribution in [-0.4, -0.2) is 34.0 Å². The summed E-state index contributed by atoms with van der Waals surface area (Å²) in [4.78, 5) is 16.3. The van der Waals surface area contributed by atoms with E-state index >= 15 is 0 Å². The second kappa shape index (κ2) is 5.07. The summed E-state index contributed by atoms with van der Waals surface area (Å²) in [5.74, 6) is 5.89. The van der Waals surface area contributed by atoms with E-state index in [9.17, 15) is 4.79 Å². The summed E-state index contributed by atoms with van der Waals surface area (Å²) in [6, 6.07) is 0. The van der Waals surface area contributed by atoms with Gasteiger partial charge in [-0.15, -0.1) is 0 Å². The standard InChI is InChI=1S/C10H13N3O/c1-10(14)12(2)6-3-4-7-13-8-5-11-9-13/h5,8-9H,6-7H2,1-2H3. The third-order valence-corrected chi connectivity index (χ3v) is 1.80. The maximum Gasteiger partial charge on any atom is 0.219 e. The zero-order valence-corrected chi connectivity index (χ0v) is 8.40. The van der Waals surface area contributed by atoms with Crippen molar-refractivity contribution in [1.82, 2.24) is 14.5 Å². The lowest BCUT2D eigenvalue weighted by Crippen LogP contribution is -2.23. The quantitative estimate of drug-likeness (QED) is 0.633. The van der Waals surface area contributed by atoms with E-state index < -0.39 is 0 Å². The first-order chi connectivity index (χ1) is 6.70. The van der Waals surface area contributed by atoms with E-state index in [0.717, 1.165) is 0 Å². The number of carbonyl (C=O) groups excluding carboxylic acids is 1. The van der Waals surface area contributed by atoms with Crippen LogP contribution in [0.5, 0.6) is 0 Å². The van der Waals surface area contributed by atoms with Gasteiger partial charge >= 0.3 is 0 Å². The number of carbonyl (C=O) groups is 1. The number of amides is 1. The highest BCUT2D eigenvalue weighted by Crippen LogP contribution is 1.84. The molecule has 4 nitrogen and oxygen atoms in total. The van der Waals surface area contributed by atoms with E-state index in [1.165, 1.54) is 6.92 Å². The number of hydrogen-bond acceptors (Lipinski definition) is 2. The average Bonchev–Trinajstić information content (AvgIpc) is 2.64. The summed E-state index contributed by atoms with van der Waals surface area (Å²) in [5, 5.41) is 0. The van der Waals surface area contributed by atoms with Gasteiger partial charge in [0.1, 0.15) is 0 Å².